The van der Waals surface area contributed by atoms with Crippen molar-refractivity contribution in [3.8, 4) is 0 Å². The minimum Gasteiger partial charge on any atom is -0.468 e. The first kappa shape index (κ1) is 17.2. The first-order chi connectivity index (χ1) is 11.7. The number of likely N-dealkylation sites (tertiary alicyclic amines) is 1. The third-order valence-electron chi connectivity index (χ3n) is 4.50. The molecule has 1 unspecified atom stereocenters. The molecule has 4 nitrogen and oxygen atoms in total. The van der Waals surface area contributed by atoms with Crippen LogP contribution < -0.4 is 5.32 Å². The third-order valence-corrected chi connectivity index (χ3v) is 4.99. The van der Waals surface area contributed by atoms with Crippen LogP contribution in [0.3, 0.4) is 0 Å². The standard InChI is InChI=1S/C19H23BrN2O2/c20-16-8-5-7-15(13-16)19(23)21-14-17(18-9-6-12-24-18)22-10-3-1-2-4-11-22/h5-9,12-13,17H,1-4,10-11,14H2,(H,21,23). The third kappa shape index (κ3) is 4.48. The summed E-state index contributed by atoms with van der Waals surface area (Å²) in [6.45, 7) is 2.66. The van der Waals surface area contributed by atoms with E-state index in [2.05, 4.69) is 26.1 Å². The number of hydrogen-bond donors (Lipinski definition) is 1. The summed E-state index contributed by atoms with van der Waals surface area (Å²) in [7, 11) is 0. The van der Waals surface area contributed by atoms with Gasteiger partial charge in [0, 0.05) is 16.6 Å². The van der Waals surface area contributed by atoms with Gasteiger partial charge in [-0.25, -0.2) is 0 Å². The molecule has 0 bridgehead atoms. The Morgan fingerprint density at radius 1 is 1.17 bits per heavy atom. The van der Waals surface area contributed by atoms with Crippen LogP contribution in [-0.4, -0.2) is 30.4 Å². The van der Waals surface area contributed by atoms with Crippen LogP contribution in [0.2, 0.25) is 0 Å². The molecule has 1 saturated heterocycles. The molecular weight excluding hydrogens is 368 g/mol. The van der Waals surface area contributed by atoms with Crippen LogP contribution in [0.1, 0.15) is 47.8 Å². The first-order valence-corrected chi connectivity index (χ1v) is 9.34. The van der Waals surface area contributed by atoms with Crippen LogP contribution in [-0.2, 0) is 0 Å². The molecule has 24 heavy (non-hydrogen) atoms. The zero-order valence-electron chi connectivity index (χ0n) is 13.7. The molecule has 5 heteroatoms. The zero-order valence-corrected chi connectivity index (χ0v) is 15.3. The minimum atomic E-state index is -0.0531. The predicted octanol–water partition coefficient (Wildman–Crippen LogP) is 4.39. The summed E-state index contributed by atoms with van der Waals surface area (Å²) in [5.74, 6) is 0.870. The van der Waals surface area contributed by atoms with Gasteiger partial charge >= 0.3 is 0 Å². The topological polar surface area (TPSA) is 45.5 Å². The largest absolute Gasteiger partial charge is 0.468 e. The average molecular weight is 391 g/mol. The van der Waals surface area contributed by atoms with Crippen molar-refractivity contribution in [3.05, 3.63) is 58.5 Å². The molecule has 1 aliphatic heterocycles. The summed E-state index contributed by atoms with van der Waals surface area (Å²) >= 11 is 3.41. The minimum absolute atomic E-state index is 0.0531. The van der Waals surface area contributed by atoms with E-state index in [9.17, 15) is 4.79 Å². The monoisotopic (exact) mass is 390 g/mol. The Morgan fingerprint density at radius 2 is 1.96 bits per heavy atom. The molecule has 0 radical (unpaired) electrons. The van der Waals surface area contributed by atoms with Gasteiger partial charge in [-0.1, -0.05) is 34.8 Å². The molecule has 0 spiro atoms. The summed E-state index contributed by atoms with van der Waals surface area (Å²) in [6, 6.07) is 11.5. The highest BCUT2D eigenvalue weighted by Crippen LogP contribution is 2.24. The average Bonchev–Trinajstić information content (AvgIpc) is 2.98. The van der Waals surface area contributed by atoms with Gasteiger partial charge < -0.3 is 9.73 Å². The number of rotatable bonds is 5. The van der Waals surface area contributed by atoms with E-state index in [0.29, 0.717) is 12.1 Å². The van der Waals surface area contributed by atoms with E-state index in [4.69, 9.17) is 4.42 Å². The molecule has 1 aromatic carbocycles. The van der Waals surface area contributed by atoms with Crippen LogP contribution in [0, 0.1) is 0 Å². The molecule has 0 saturated carbocycles. The van der Waals surface area contributed by atoms with E-state index in [1.54, 1.807) is 6.26 Å². The number of nitrogens with one attached hydrogen (secondary N) is 1. The molecule has 2 aromatic rings. The van der Waals surface area contributed by atoms with Crippen molar-refractivity contribution >= 4 is 21.8 Å². The lowest BCUT2D eigenvalue weighted by Gasteiger charge is -2.29. The number of amides is 1. The molecule has 3 rings (SSSR count). The molecule has 1 aliphatic rings. The quantitative estimate of drug-likeness (QED) is 0.823. The van der Waals surface area contributed by atoms with Gasteiger partial charge in [0.05, 0.1) is 12.3 Å². The highest BCUT2D eigenvalue weighted by atomic mass is 79.9. The maximum atomic E-state index is 12.4. The predicted molar refractivity (Wildman–Crippen MR) is 98.0 cm³/mol. The van der Waals surface area contributed by atoms with E-state index in [0.717, 1.165) is 23.3 Å². The Hall–Kier alpha value is -1.59. The van der Waals surface area contributed by atoms with Crippen molar-refractivity contribution in [1.29, 1.82) is 0 Å². The maximum absolute atomic E-state index is 12.4. The Balaban J connectivity index is 1.69. The second-order valence-corrected chi connectivity index (χ2v) is 7.12. The van der Waals surface area contributed by atoms with E-state index < -0.39 is 0 Å². The fourth-order valence-electron chi connectivity index (χ4n) is 3.22. The first-order valence-electron chi connectivity index (χ1n) is 8.55. The number of furan rings is 1. The Labute approximate surface area is 151 Å². The van der Waals surface area contributed by atoms with Crippen LogP contribution in [0.5, 0.6) is 0 Å². The van der Waals surface area contributed by atoms with Crippen LogP contribution >= 0.6 is 15.9 Å². The lowest BCUT2D eigenvalue weighted by atomic mass is 10.1. The van der Waals surface area contributed by atoms with Crippen molar-refractivity contribution in [2.45, 2.75) is 31.7 Å². The SMILES string of the molecule is O=C(NCC(c1ccco1)N1CCCCCC1)c1cccc(Br)c1. The van der Waals surface area contributed by atoms with E-state index >= 15 is 0 Å². The molecule has 1 aromatic heterocycles. The second kappa shape index (κ2) is 8.49. The maximum Gasteiger partial charge on any atom is 0.251 e. The molecule has 2 heterocycles. The number of halogens is 1. The van der Waals surface area contributed by atoms with Crippen LogP contribution in [0.25, 0.3) is 0 Å². The van der Waals surface area contributed by atoms with E-state index in [-0.39, 0.29) is 11.9 Å². The highest BCUT2D eigenvalue weighted by molar-refractivity contribution is 9.10. The molecule has 0 aliphatic carbocycles. The van der Waals surface area contributed by atoms with Gasteiger partial charge in [0.2, 0.25) is 0 Å². The molecule has 1 atom stereocenters. The molecule has 1 N–H and O–H groups in total. The summed E-state index contributed by atoms with van der Waals surface area (Å²) in [5, 5.41) is 3.07. The van der Waals surface area contributed by atoms with Gasteiger partial charge in [0.1, 0.15) is 5.76 Å². The van der Waals surface area contributed by atoms with Crippen LogP contribution in [0.4, 0.5) is 0 Å². The van der Waals surface area contributed by atoms with E-state index in [1.165, 1.54) is 25.7 Å². The van der Waals surface area contributed by atoms with Gasteiger partial charge in [-0.3, -0.25) is 9.69 Å². The van der Waals surface area contributed by atoms with Crippen LogP contribution in [0.15, 0.2) is 51.6 Å². The van der Waals surface area contributed by atoms with Gasteiger partial charge in [0.15, 0.2) is 0 Å². The summed E-state index contributed by atoms with van der Waals surface area (Å²) in [6.07, 6.45) is 6.68. The Morgan fingerprint density at radius 3 is 2.62 bits per heavy atom. The summed E-state index contributed by atoms with van der Waals surface area (Å²) in [5.41, 5.74) is 0.665. The zero-order chi connectivity index (χ0) is 16.8. The van der Waals surface area contributed by atoms with Crippen molar-refractivity contribution in [2.24, 2.45) is 0 Å². The highest BCUT2D eigenvalue weighted by Gasteiger charge is 2.24. The van der Waals surface area contributed by atoms with Crippen molar-refractivity contribution in [2.75, 3.05) is 19.6 Å². The van der Waals surface area contributed by atoms with Crippen molar-refractivity contribution < 1.29 is 9.21 Å². The molecular formula is C19H23BrN2O2. The number of carbonyl (C=O) groups excluding carboxylic acids is 1. The van der Waals surface area contributed by atoms with Gasteiger partial charge in [-0.2, -0.15) is 0 Å². The second-order valence-electron chi connectivity index (χ2n) is 6.20. The number of nitrogens with zero attached hydrogens (tertiary/aromatic N) is 1. The Bertz CT molecular complexity index is 649. The van der Waals surface area contributed by atoms with Gasteiger partial charge in [-0.15, -0.1) is 0 Å². The van der Waals surface area contributed by atoms with Crippen molar-refractivity contribution in [1.82, 2.24) is 10.2 Å². The molecule has 1 fully saturated rings. The molecule has 1 amide bonds. The number of benzene rings is 1. The lowest BCUT2D eigenvalue weighted by Crippen LogP contribution is -2.38. The lowest BCUT2D eigenvalue weighted by molar-refractivity contribution is 0.0927. The summed E-state index contributed by atoms with van der Waals surface area (Å²) in [4.78, 5) is 14.9. The van der Waals surface area contributed by atoms with E-state index in [1.807, 2.05) is 36.4 Å². The Kier molecular flexibility index (Phi) is 6.10. The van der Waals surface area contributed by atoms with Crippen molar-refractivity contribution in [3.63, 3.8) is 0 Å². The fourth-order valence-corrected chi connectivity index (χ4v) is 3.62. The van der Waals surface area contributed by atoms with Gasteiger partial charge in [0.25, 0.3) is 5.91 Å². The summed E-state index contributed by atoms with van der Waals surface area (Å²) < 4.78 is 6.55. The van der Waals surface area contributed by atoms with Gasteiger partial charge in [-0.05, 0) is 56.3 Å². The molecule has 128 valence electrons. The normalized spacial score (nSPS) is 17.2. The number of carbonyl (C=O) groups is 1. The smallest absolute Gasteiger partial charge is 0.251 e. The number of hydrogen-bond acceptors (Lipinski definition) is 3. The fraction of sp³-hybridized carbons (Fsp3) is 0.421.